The Kier molecular flexibility index (Phi) is 2.42. The van der Waals surface area contributed by atoms with Gasteiger partial charge >= 0.3 is 5.97 Å². The second-order valence-electron chi connectivity index (χ2n) is 4.06. The molecule has 0 saturated heterocycles. The van der Waals surface area contributed by atoms with E-state index < -0.39 is 5.54 Å². The highest BCUT2D eigenvalue weighted by atomic mass is 16.5. The van der Waals surface area contributed by atoms with Crippen molar-refractivity contribution in [2.75, 3.05) is 7.11 Å². The van der Waals surface area contributed by atoms with Crippen LogP contribution in [0.3, 0.4) is 0 Å². The van der Waals surface area contributed by atoms with Crippen molar-refractivity contribution in [3.63, 3.8) is 0 Å². The maximum Gasteiger partial charge on any atom is 0.325 e. The fraction of sp³-hybridized carbons (Fsp3) is 0.889. The van der Waals surface area contributed by atoms with Crippen LogP contribution in [-0.2, 0) is 9.53 Å². The fourth-order valence-electron chi connectivity index (χ4n) is 1.72. The number of carbonyl (C=O) groups is 1. The molecule has 0 amide bonds. The molecular weight excluding hydrogens is 154 g/mol. The van der Waals surface area contributed by atoms with Gasteiger partial charge in [-0.25, -0.2) is 0 Å². The number of methoxy groups -OCH3 is 1. The molecule has 1 aliphatic carbocycles. The van der Waals surface area contributed by atoms with Crippen molar-refractivity contribution in [1.82, 2.24) is 0 Å². The molecule has 0 bridgehead atoms. The molecule has 1 rings (SSSR count). The van der Waals surface area contributed by atoms with Gasteiger partial charge in [-0.1, -0.05) is 13.8 Å². The summed E-state index contributed by atoms with van der Waals surface area (Å²) in [4.78, 5) is 11.1. The Bertz CT molecular complexity index is 183. The Morgan fingerprint density at radius 3 is 2.42 bits per heavy atom. The van der Waals surface area contributed by atoms with E-state index in [4.69, 9.17) is 5.73 Å². The second kappa shape index (κ2) is 3.05. The van der Waals surface area contributed by atoms with E-state index >= 15 is 0 Å². The zero-order chi connectivity index (χ0) is 9.35. The lowest BCUT2D eigenvalue weighted by Crippen LogP contribution is -2.59. The van der Waals surface area contributed by atoms with Crippen LogP contribution in [0.25, 0.3) is 0 Å². The molecule has 1 saturated carbocycles. The number of esters is 1. The van der Waals surface area contributed by atoms with Crippen LogP contribution >= 0.6 is 0 Å². The summed E-state index contributed by atoms with van der Waals surface area (Å²) in [6.45, 7) is 4.31. The molecule has 2 N–H and O–H groups in total. The molecule has 1 aliphatic rings. The maximum atomic E-state index is 11.1. The standard InChI is InChI=1S/C9H17NO2/c1-6(2)7-4-9(10,5-7)8(11)12-3/h6-7H,4-5,10H2,1-3H3. The first-order valence-corrected chi connectivity index (χ1v) is 4.37. The molecule has 3 nitrogen and oxygen atoms in total. The van der Waals surface area contributed by atoms with Crippen molar-refractivity contribution in [1.29, 1.82) is 0 Å². The fourth-order valence-corrected chi connectivity index (χ4v) is 1.72. The predicted octanol–water partition coefficient (Wildman–Crippen LogP) is 0.923. The van der Waals surface area contributed by atoms with Gasteiger partial charge < -0.3 is 10.5 Å². The molecule has 3 heteroatoms. The van der Waals surface area contributed by atoms with E-state index in [1.54, 1.807) is 0 Å². The largest absolute Gasteiger partial charge is 0.468 e. The van der Waals surface area contributed by atoms with Crippen LogP contribution in [0.15, 0.2) is 0 Å². The Labute approximate surface area is 73.3 Å². The third-order valence-electron chi connectivity index (χ3n) is 2.79. The van der Waals surface area contributed by atoms with Crippen molar-refractivity contribution >= 4 is 5.97 Å². The third kappa shape index (κ3) is 1.46. The number of rotatable bonds is 2. The van der Waals surface area contributed by atoms with Crippen LogP contribution in [0, 0.1) is 11.8 Å². The van der Waals surface area contributed by atoms with Crippen LogP contribution in [0.2, 0.25) is 0 Å². The van der Waals surface area contributed by atoms with E-state index in [1.807, 2.05) is 0 Å². The van der Waals surface area contributed by atoms with E-state index in [0.29, 0.717) is 11.8 Å². The number of hydrogen-bond donors (Lipinski definition) is 1. The Hall–Kier alpha value is -0.570. The lowest BCUT2D eigenvalue weighted by Gasteiger charge is -2.44. The van der Waals surface area contributed by atoms with E-state index in [9.17, 15) is 4.79 Å². The molecule has 0 heterocycles. The average Bonchev–Trinajstić information content (AvgIpc) is 1.96. The quantitative estimate of drug-likeness (QED) is 0.629. The van der Waals surface area contributed by atoms with Crippen LogP contribution in [0.1, 0.15) is 26.7 Å². The molecule has 70 valence electrons. The lowest BCUT2D eigenvalue weighted by molar-refractivity contribution is -0.153. The molecule has 1 fully saturated rings. The van der Waals surface area contributed by atoms with Gasteiger partial charge in [0.2, 0.25) is 0 Å². The van der Waals surface area contributed by atoms with Crippen molar-refractivity contribution in [3.05, 3.63) is 0 Å². The zero-order valence-corrected chi connectivity index (χ0v) is 7.96. The molecule has 0 unspecified atom stereocenters. The average molecular weight is 171 g/mol. The first kappa shape index (κ1) is 9.52. The van der Waals surface area contributed by atoms with Crippen molar-refractivity contribution in [2.24, 2.45) is 17.6 Å². The summed E-state index contributed by atoms with van der Waals surface area (Å²) in [6.07, 6.45) is 1.55. The highest BCUT2D eigenvalue weighted by Crippen LogP contribution is 2.40. The van der Waals surface area contributed by atoms with Crippen LogP contribution in [-0.4, -0.2) is 18.6 Å². The minimum atomic E-state index is -0.677. The van der Waals surface area contributed by atoms with Crippen LogP contribution in [0.4, 0.5) is 0 Å². The molecule has 0 aliphatic heterocycles. The van der Waals surface area contributed by atoms with Gasteiger partial charge in [-0.15, -0.1) is 0 Å². The summed E-state index contributed by atoms with van der Waals surface area (Å²) < 4.78 is 4.62. The number of nitrogens with two attached hydrogens (primary N) is 1. The highest BCUT2D eigenvalue weighted by molar-refractivity contribution is 5.81. The summed E-state index contributed by atoms with van der Waals surface area (Å²) in [6, 6.07) is 0. The molecule has 0 aromatic heterocycles. The number of ether oxygens (including phenoxy) is 1. The number of hydrogen-bond acceptors (Lipinski definition) is 3. The molecule has 0 aromatic rings. The van der Waals surface area contributed by atoms with Gasteiger partial charge in [0.25, 0.3) is 0 Å². The van der Waals surface area contributed by atoms with Crippen LogP contribution in [0.5, 0.6) is 0 Å². The number of carbonyl (C=O) groups excluding carboxylic acids is 1. The first-order valence-electron chi connectivity index (χ1n) is 4.37. The Balaban J connectivity index is 2.45. The predicted molar refractivity (Wildman–Crippen MR) is 46.5 cm³/mol. The Morgan fingerprint density at radius 1 is 1.58 bits per heavy atom. The molecule has 0 atom stereocenters. The second-order valence-corrected chi connectivity index (χ2v) is 4.06. The van der Waals surface area contributed by atoms with E-state index in [1.165, 1.54) is 7.11 Å². The summed E-state index contributed by atoms with van der Waals surface area (Å²) in [7, 11) is 1.39. The molecule has 0 radical (unpaired) electrons. The topological polar surface area (TPSA) is 52.3 Å². The summed E-state index contributed by atoms with van der Waals surface area (Å²) in [5, 5.41) is 0. The van der Waals surface area contributed by atoms with E-state index in [0.717, 1.165) is 12.8 Å². The van der Waals surface area contributed by atoms with Gasteiger partial charge in [0.15, 0.2) is 0 Å². The van der Waals surface area contributed by atoms with Crippen LogP contribution < -0.4 is 5.73 Å². The zero-order valence-electron chi connectivity index (χ0n) is 7.96. The third-order valence-corrected chi connectivity index (χ3v) is 2.79. The monoisotopic (exact) mass is 171 g/mol. The van der Waals surface area contributed by atoms with Gasteiger partial charge in [-0.05, 0) is 24.7 Å². The maximum absolute atomic E-state index is 11.1. The summed E-state index contributed by atoms with van der Waals surface area (Å²) in [5.41, 5.74) is 5.13. The minimum Gasteiger partial charge on any atom is -0.468 e. The van der Waals surface area contributed by atoms with E-state index in [2.05, 4.69) is 18.6 Å². The summed E-state index contributed by atoms with van der Waals surface area (Å²) in [5.74, 6) is 0.944. The van der Waals surface area contributed by atoms with Gasteiger partial charge in [0, 0.05) is 0 Å². The van der Waals surface area contributed by atoms with Gasteiger partial charge in [-0.3, -0.25) is 4.79 Å². The molecule has 0 spiro atoms. The molecule has 12 heavy (non-hydrogen) atoms. The first-order chi connectivity index (χ1) is 5.49. The minimum absolute atomic E-state index is 0.264. The van der Waals surface area contributed by atoms with Crippen molar-refractivity contribution < 1.29 is 9.53 Å². The van der Waals surface area contributed by atoms with E-state index in [-0.39, 0.29) is 5.97 Å². The molecular formula is C9H17NO2. The smallest absolute Gasteiger partial charge is 0.325 e. The van der Waals surface area contributed by atoms with Gasteiger partial charge in [0.1, 0.15) is 5.54 Å². The highest BCUT2D eigenvalue weighted by Gasteiger charge is 2.48. The summed E-state index contributed by atoms with van der Waals surface area (Å²) >= 11 is 0. The van der Waals surface area contributed by atoms with Crippen molar-refractivity contribution in [2.45, 2.75) is 32.2 Å². The normalized spacial score (nSPS) is 34.6. The Morgan fingerprint density at radius 2 is 2.08 bits per heavy atom. The van der Waals surface area contributed by atoms with Gasteiger partial charge in [0.05, 0.1) is 7.11 Å². The van der Waals surface area contributed by atoms with Gasteiger partial charge in [-0.2, -0.15) is 0 Å². The SMILES string of the molecule is COC(=O)C1(N)CC(C(C)C)C1. The lowest BCUT2D eigenvalue weighted by atomic mass is 9.64. The molecule has 0 aromatic carbocycles. The van der Waals surface area contributed by atoms with Crippen molar-refractivity contribution in [3.8, 4) is 0 Å².